The Labute approximate surface area is 110 Å². The third-order valence-electron chi connectivity index (χ3n) is 3.05. The molecule has 0 spiro atoms. The minimum Gasteiger partial charge on any atom is -0.381 e. The third kappa shape index (κ3) is 2.35. The van der Waals surface area contributed by atoms with E-state index in [4.69, 9.17) is 10.3 Å². The Hall–Kier alpha value is -2.56. The minimum absolute atomic E-state index is 0.395. The number of nitrogens with zero attached hydrogens (tertiary/aromatic N) is 3. The predicted molar refractivity (Wildman–Crippen MR) is 72.4 cm³/mol. The number of hydrogen-bond acceptors (Lipinski definition) is 4. The average molecular weight is 254 g/mol. The van der Waals surface area contributed by atoms with Crippen molar-refractivity contribution >= 4 is 5.82 Å². The molecule has 3 aromatic rings. The van der Waals surface area contributed by atoms with Gasteiger partial charge in [0, 0.05) is 37.5 Å². The van der Waals surface area contributed by atoms with Crippen LogP contribution in [0.15, 0.2) is 47.2 Å². The minimum atomic E-state index is 0.395. The summed E-state index contributed by atoms with van der Waals surface area (Å²) in [4.78, 5) is 4.31. The van der Waals surface area contributed by atoms with E-state index in [0.717, 1.165) is 17.8 Å². The van der Waals surface area contributed by atoms with Gasteiger partial charge in [0.05, 0.1) is 0 Å². The van der Waals surface area contributed by atoms with Gasteiger partial charge in [0.1, 0.15) is 5.82 Å². The van der Waals surface area contributed by atoms with E-state index in [1.165, 1.54) is 5.56 Å². The van der Waals surface area contributed by atoms with Crippen molar-refractivity contribution in [3.05, 3.63) is 54.1 Å². The largest absolute Gasteiger partial charge is 0.381 e. The molecule has 0 saturated heterocycles. The van der Waals surface area contributed by atoms with E-state index < -0.39 is 0 Å². The van der Waals surface area contributed by atoms with Crippen LogP contribution in [0.5, 0.6) is 0 Å². The Kier molecular flexibility index (Phi) is 2.79. The van der Waals surface area contributed by atoms with Gasteiger partial charge in [-0.25, -0.2) is 4.98 Å². The number of nitrogen functional groups attached to an aromatic ring is 1. The maximum atomic E-state index is 5.54. The second-order valence-corrected chi connectivity index (χ2v) is 4.44. The van der Waals surface area contributed by atoms with Gasteiger partial charge in [0.25, 0.3) is 0 Å². The summed E-state index contributed by atoms with van der Waals surface area (Å²) in [5.74, 6) is 2.12. The highest BCUT2D eigenvalue weighted by molar-refractivity contribution is 5.60. The van der Waals surface area contributed by atoms with Crippen LogP contribution in [0.25, 0.3) is 11.3 Å². The lowest BCUT2D eigenvalue weighted by Crippen LogP contribution is -1.98. The molecule has 0 radical (unpaired) electrons. The summed E-state index contributed by atoms with van der Waals surface area (Å²) in [6.07, 6.45) is 4.56. The van der Waals surface area contributed by atoms with Gasteiger partial charge in [0.15, 0.2) is 11.6 Å². The van der Waals surface area contributed by atoms with Crippen LogP contribution in [-0.2, 0) is 13.5 Å². The number of benzene rings is 1. The maximum Gasteiger partial charge on any atom is 0.169 e. The lowest BCUT2D eigenvalue weighted by atomic mass is 10.1. The monoisotopic (exact) mass is 254 g/mol. The molecule has 5 heteroatoms. The Balaban J connectivity index is 1.81. The highest BCUT2D eigenvalue weighted by atomic mass is 16.5. The SMILES string of the molecule is Cn1ccnc1Cc1ccc(-c2cc(N)no2)cc1. The normalized spacial score (nSPS) is 10.8. The van der Waals surface area contributed by atoms with Crippen molar-refractivity contribution in [3.8, 4) is 11.3 Å². The van der Waals surface area contributed by atoms with E-state index in [1.54, 1.807) is 12.3 Å². The third-order valence-corrected chi connectivity index (χ3v) is 3.05. The number of anilines is 1. The number of hydrogen-bond donors (Lipinski definition) is 1. The molecule has 0 bridgehead atoms. The molecule has 0 aliphatic rings. The highest BCUT2D eigenvalue weighted by Gasteiger charge is 2.06. The Morgan fingerprint density at radius 2 is 2.05 bits per heavy atom. The lowest BCUT2D eigenvalue weighted by Gasteiger charge is -2.03. The van der Waals surface area contributed by atoms with Crippen LogP contribution < -0.4 is 5.73 Å². The first kappa shape index (κ1) is 11.5. The molecule has 3 rings (SSSR count). The van der Waals surface area contributed by atoms with Gasteiger partial charge in [-0.1, -0.05) is 29.4 Å². The number of aryl methyl sites for hydroxylation is 1. The van der Waals surface area contributed by atoms with Gasteiger partial charge in [0.2, 0.25) is 0 Å². The molecule has 2 N–H and O–H groups in total. The second-order valence-electron chi connectivity index (χ2n) is 4.44. The summed E-state index contributed by atoms with van der Waals surface area (Å²) in [7, 11) is 1.99. The molecule has 2 aromatic heterocycles. The fourth-order valence-corrected chi connectivity index (χ4v) is 1.96. The predicted octanol–water partition coefficient (Wildman–Crippen LogP) is 2.25. The molecule has 0 aliphatic carbocycles. The van der Waals surface area contributed by atoms with Gasteiger partial charge in [-0.05, 0) is 5.56 Å². The Morgan fingerprint density at radius 3 is 2.63 bits per heavy atom. The first-order chi connectivity index (χ1) is 9.22. The van der Waals surface area contributed by atoms with Crippen LogP contribution in [0.2, 0.25) is 0 Å². The van der Waals surface area contributed by atoms with Crippen LogP contribution in [0, 0.1) is 0 Å². The van der Waals surface area contributed by atoms with Gasteiger partial charge >= 0.3 is 0 Å². The molecule has 96 valence electrons. The van der Waals surface area contributed by atoms with Gasteiger partial charge < -0.3 is 14.8 Å². The van der Waals surface area contributed by atoms with Crippen LogP contribution in [0.4, 0.5) is 5.82 Å². The van der Waals surface area contributed by atoms with Crippen molar-refractivity contribution in [2.24, 2.45) is 7.05 Å². The molecule has 1 aromatic carbocycles. The van der Waals surface area contributed by atoms with Crippen molar-refractivity contribution in [2.75, 3.05) is 5.73 Å². The summed E-state index contributed by atoms with van der Waals surface area (Å²) in [6, 6.07) is 9.83. The zero-order valence-corrected chi connectivity index (χ0v) is 10.6. The van der Waals surface area contributed by atoms with Crippen molar-refractivity contribution < 1.29 is 4.52 Å². The molecule has 0 fully saturated rings. The highest BCUT2D eigenvalue weighted by Crippen LogP contribution is 2.22. The van der Waals surface area contributed by atoms with Gasteiger partial charge in [-0.2, -0.15) is 0 Å². The van der Waals surface area contributed by atoms with Crippen molar-refractivity contribution in [2.45, 2.75) is 6.42 Å². The molecule has 0 aliphatic heterocycles. The van der Waals surface area contributed by atoms with Crippen LogP contribution in [0.3, 0.4) is 0 Å². The van der Waals surface area contributed by atoms with Crippen LogP contribution in [0.1, 0.15) is 11.4 Å². The van der Waals surface area contributed by atoms with Crippen LogP contribution in [-0.4, -0.2) is 14.7 Å². The fourth-order valence-electron chi connectivity index (χ4n) is 1.96. The number of nitrogens with two attached hydrogens (primary N) is 1. The number of rotatable bonds is 3. The second kappa shape index (κ2) is 4.61. The van der Waals surface area contributed by atoms with Gasteiger partial charge in [-0.15, -0.1) is 0 Å². The van der Waals surface area contributed by atoms with E-state index in [2.05, 4.69) is 22.3 Å². The smallest absolute Gasteiger partial charge is 0.169 e. The van der Waals surface area contributed by atoms with E-state index in [9.17, 15) is 0 Å². The molecule has 0 amide bonds. The van der Waals surface area contributed by atoms with Crippen LogP contribution >= 0.6 is 0 Å². The zero-order chi connectivity index (χ0) is 13.2. The molecule has 0 saturated carbocycles. The lowest BCUT2D eigenvalue weighted by molar-refractivity contribution is 0.436. The summed E-state index contributed by atoms with van der Waals surface area (Å²) < 4.78 is 7.14. The molecule has 2 heterocycles. The van der Waals surface area contributed by atoms with Crippen molar-refractivity contribution in [3.63, 3.8) is 0 Å². The number of aromatic nitrogens is 3. The molecule has 0 unspecified atom stereocenters. The summed E-state index contributed by atoms with van der Waals surface area (Å²) in [5, 5.41) is 3.68. The first-order valence-electron chi connectivity index (χ1n) is 6.00. The van der Waals surface area contributed by atoms with Crippen molar-refractivity contribution in [1.29, 1.82) is 0 Å². The molecule has 19 heavy (non-hydrogen) atoms. The molecular formula is C14H14N4O. The Bertz CT molecular complexity index is 682. The molecule has 5 nitrogen and oxygen atoms in total. The quantitative estimate of drug-likeness (QED) is 0.778. The topological polar surface area (TPSA) is 69.9 Å². The maximum absolute atomic E-state index is 5.54. The number of imidazole rings is 1. The summed E-state index contributed by atoms with van der Waals surface area (Å²) >= 11 is 0. The molecular weight excluding hydrogens is 240 g/mol. The van der Waals surface area contributed by atoms with E-state index >= 15 is 0 Å². The fraction of sp³-hybridized carbons (Fsp3) is 0.143. The van der Waals surface area contributed by atoms with Crippen molar-refractivity contribution in [1.82, 2.24) is 14.7 Å². The first-order valence-corrected chi connectivity index (χ1v) is 6.00. The van der Waals surface area contributed by atoms with E-state index in [-0.39, 0.29) is 0 Å². The van der Waals surface area contributed by atoms with E-state index in [1.807, 2.05) is 29.9 Å². The Morgan fingerprint density at radius 1 is 1.26 bits per heavy atom. The standard InChI is InChI=1S/C14H14N4O/c1-18-7-6-16-14(18)8-10-2-4-11(5-3-10)12-9-13(15)17-19-12/h2-7,9H,8H2,1H3,(H2,15,17). The van der Waals surface area contributed by atoms with E-state index in [0.29, 0.717) is 11.6 Å². The summed E-state index contributed by atoms with van der Waals surface area (Å²) in [5.41, 5.74) is 7.70. The summed E-state index contributed by atoms with van der Waals surface area (Å²) in [6.45, 7) is 0. The zero-order valence-electron chi connectivity index (χ0n) is 10.6. The molecule has 0 atom stereocenters. The van der Waals surface area contributed by atoms with Gasteiger partial charge in [-0.3, -0.25) is 0 Å². The average Bonchev–Trinajstić information content (AvgIpc) is 3.00.